The van der Waals surface area contributed by atoms with Crippen LogP contribution in [0.3, 0.4) is 0 Å². The molecule has 1 atom stereocenters. The van der Waals surface area contributed by atoms with Gasteiger partial charge < -0.3 is 15.4 Å². The number of morpholine rings is 1. The Morgan fingerprint density at radius 1 is 1.24 bits per heavy atom. The molecule has 0 aromatic heterocycles. The van der Waals surface area contributed by atoms with Crippen LogP contribution in [0.4, 0.5) is 4.39 Å². The van der Waals surface area contributed by atoms with Crippen molar-refractivity contribution in [3.8, 4) is 0 Å². The van der Waals surface area contributed by atoms with E-state index in [0.717, 1.165) is 44.6 Å². The third-order valence-corrected chi connectivity index (χ3v) is 4.49. The number of nitrogens with zero attached hydrogens (tertiary/aromatic N) is 1. The third-order valence-electron chi connectivity index (χ3n) is 4.49. The molecule has 2 heterocycles. The van der Waals surface area contributed by atoms with Crippen LogP contribution in [0.25, 0.3) is 0 Å². The minimum Gasteiger partial charge on any atom is -0.378 e. The molecule has 3 rings (SSSR count). The molecule has 1 aromatic rings. The van der Waals surface area contributed by atoms with Crippen LogP contribution in [0.5, 0.6) is 0 Å². The van der Waals surface area contributed by atoms with Crippen LogP contribution in [-0.4, -0.2) is 55.7 Å². The number of nitrogens with one attached hydrogen (secondary N) is 2. The van der Waals surface area contributed by atoms with Gasteiger partial charge in [0.15, 0.2) is 0 Å². The smallest absolute Gasteiger partial charge is 0.239 e. The lowest BCUT2D eigenvalue weighted by Gasteiger charge is -2.33. The second-order valence-corrected chi connectivity index (χ2v) is 6.27. The second-order valence-electron chi connectivity index (χ2n) is 6.27. The normalized spacial score (nSPS) is 21.7. The monoisotopic (exact) mass is 393 g/mol. The number of hydrogen-bond donors (Lipinski definition) is 2. The van der Waals surface area contributed by atoms with E-state index in [-0.39, 0.29) is 48.6 Å². The van der Waals surface area contributed by atoms with Gasteiger partial charge in [0.25, 0.3) is 0 Å². The fraction of sp³-hybridized carbons (Fsp3) is 0.588. The van der Waals surface area contributed by atoms with Crippen molar-refractivity contribution < 1.29 is 13.9 Å². The predicted octanol–water partition coefficient (Wildman–Crippen LogP) is 1.74. The number of hydrogen-bond acceptors (Lipinski definition) is 4. The summed E-state index contributed by atoms with van der Waals surface area (Å²) in [5.74, 6) is -0.155. The minimum atomic E-state index is -0.221. The Kier molecular flexibility index (Phi) is 9.67. The molecule has 2 saturated heterocycles. The second kappa shape index (κ2) is 10.9. The van der Waals surface area contributed by atoms with Gasteiger partial charge in [-0.1, -0.05) is 12.1 Å². The first-order valence-electron chi connectivity index (χ1n) is 8.29. The van der Waals surface area contributed by atoms with Crippen molar-refractivity contribution in [1.29, 1.82) is 0 Å². The van der Waals surface area contributed by atoms with Gasteiger partial charge in [0.05, 0.1) is 13.2 Å². The number of piperidine rings is 1. The zero-order valence-corrected chi connectivity index (χ0v) is 15.7. The maximum Gasteiger partial charge on any atom is 0.239 e. The van der Waals surface area contributed by atoms with E-state index < -0.39 is 0 Å². The Labute approximate surface area is 160 Å². The lowest BCUT2D eigenvalue weighted by atomic mass is 10.0. The molecule has 0 spiro atoms. The van der Waals surface area contributed by atoms with Gasteiger partial charge in [0.1, 0.15) is 11.9 Å². The lowest BCUT2D eigenvalue weighted by molar-refractivity contribution is -0.126. The molecule has 0 radical (unpaired) electrons. The highest BCUT2D eigenvalue weighted by Gasteiger charge is 2.25. The topological polar surface area (TPSA) is 53.6 Å². The summed E-state index contributed by atoms with van der Waals surface area (Å²) in [5.41, 5.74) is 1.12. The van der Waals surface area contributed by atoms with Gasteiger partial charge in [-0.05, 0) is 30.5 Å². The Morgan fingerprint density at radius 3 is 2.52 bits per heavy atom. The number of halogens is 3. The number of ether oxygens (including phenoxy) is 1. The number of benzene rings is 1. The van der Waals surface area contributed by atoms with E-state index in [1.807, 2.05) is 12.1 Å². The van der Waals surface area contributed by atoms with Gasteiger partial charge in [-0.25, -0.2) is 4.39 Å². The van der Waals surface area contributed by atoms with Gasteiger partial charge in [0, 0.05) is 32.2 Å². The molecule has 8 heteroatoms. The van der Waals surface area contributed by atoms with Crippen LogP contribution >= 0.6 is 24.8 Å². The van der Waals surface area contributed by atoms with Gasteiger partial charge in [0.2, 0.25) is 5.91 Å². The Balaban J connectivity index is 0.00000156. The van der Waals surface area contributed by atoms with Gasteiger partial charge in [-0.15, -0.1) is 24.8 Å². The summed E-state index contributed by atoms with van der Waals surface area (Å²) in [4.78, 5) is 14.5. The zero-order valence-electron chi connectivity index (χ0n) is 14.1. The van der Waals surface area contributed by atoms with Crippen molar-refractivity contribution in [2.24, 2.45) is 0 Å². The summed E-state index contributed by atoms with van der Waals surface area (Å²) in [6.07, 6.45) is 1.89. The van der Waals surface area contributed by atoms with Crippen LogP contribution in [0.2, 0.25) is 0 Å². The molecular weight excluding hydrogens is 368 g/mol. The number of rotatable bonds is 4. The molecule has 1 amide bonds. The van der Waals surface area contributed by atoms with Crippen molar-refractivity contribution >= 4 is 30.7 Å². The number of carbonyl (C=O) groups is 1. The summed E-state index contributed by atoms with van der Waals surface area (Å²) >= 11 is 0. The maximum atomic E-state index is 12.9. The molecule has 142 valence electrons. The van der Waals surface area contributed by atoms with E-state index >= 15 is 0 Å². The molecule has 1 aromatic carbocycles. The van der Waals surface area contributed by atoms with E-state index in [2.05, 4.69) is 15.5 Å². The van der Waals surface area contributed by atoms with Crippen LogP contribution in [0.1, 0.15) is 18.4 Å². The Hall–Kier alpha value is -0.920. The number of likely N-dealkylation sites (tertiary alicyclic amines) is 1. The standard InChI is InChI=1S/C17H24FN3O2.2ClH/c18-14-3-1-13(2-4-14)11-21-8-5-15(6-9-21)20-17(22)16-12-23-10-7-19-16;;/h1-4,15-16,19H,5-12H2,(H,20,22);2*1H. The molecule has 0 saturated carbocycles. The Morgan fingerprint density at radius 2 is 1.92 bits per heavy atom. The molecule has 25 heavy (non-hydrogen) atoms. The minimum absolute atomic E-state index is 0. The van der Waals surface area contributed by atoms with Crippen LogP contribution in [-0.2, 0) is 16.1 Å². The lowest BCUT2D eigenvalue weighted by Crippen LogP contribution is -2.54. The largest absolute Gasteiger partial charge is 0.378 e. The molecule has 2 aliphatic rings. The van der Waals surface area contributed by atoms with E-state index in [9.17, 15) is 9.18 Å². The SMILES string of the molecule is Cl.Cl.O=C(NC1CCN(Cc2ccc(F)cc2)CC1)C1COCCN1. The predicted molar refractivity (Wildman–Crippen MR) is 99.9 cm³/mol. The van der Waals surface area contributed by atoms with E-state index in [1.165, 1.54) is 12.1 Å². The Bertz CT molecular complexity index is 519. The first-order chi connectivity index (χ1) is 11.2. The molecule has 1 unspecified atom stereocenters. The van der Waals surface area contributed by atoms with Crippen LogP contribution in [0.15, 0.2) is 24.3 Å². The molecule has 2 aliphatic heterocycles. The summed E-state index contributed by atoms with van der Waals surface area (Å²) < 4.78 is 18.2. The van der Waals surface area contributed by atoms with E-state index in [0.29, 0.717) is 13.2 Å². The maximum absolute atomic E-state index is 12.9. The van der Waals surface area contributed by atoms with Gasteiger partial charge in [-0.2, -0.15) is 0 Å². The third kappa shape index (κ3) is 6.72. The first-order valence-corrected chi connectivity index (χ1v) is 8.29. The van der Waals surface area contributed by atoms with Crippen molar-refractivity contribution in [2.75, 3.05) is 32.8 Å². The molecule has 2 N–H and O–H groups in total. The first kappa shape index (κ1) is 22.1. The van der Waals surface area contributed by atoms with Crippen molar-refractivity contribution in [2.45, 2.75) is 31.5 Å². The fourth-order valence-electron chi connectivity index (χ4n) is 3.12. The van der Waals surface area contributed by atoms with Crippen molar-refractivity contribution in [3.63, 3.8) is 0 Å². The quantitative estimate of drug-likeness (QED) is 0.817. The number of carbonyl (C=O) groups excluding carboxylic acids is 1. The highest BCUT2D eigenvalue weighted by molar-refractivity contribution is 5.85. The molecule has 5 nitrogen and oxygen atoms in total. The molecule has 0 bridgehead atoms. The molecule has 0 aliphatic carbocycles. The van der Waals surface area contributed by atoms with Crippen molar-refractivity contribution in [3.05, 3.63) is 35.6 Å². The van der Waals surface area contributed by atoms with E-state index in [4.69, 9.17) is 4.74 Å². The number of amides is 1. The fourth-order valence-corrected chi connectivity index (χ4v) is 3.12. The zero-order chi connectivity index (χ0) is 16.1. The average molecular weight is 394 g/mol. The summed E-state index contributed by atoms with van der Waals surface area (Å²) in [7, 11) is 0. The van der Waals surface area contributed by atoms with Crippen LogP contribution < -0.4 is 10.6 Å². The highest BCUT2D eigenvalue weighted by Crippen LogP contribution is 2.14. The summed E-state index contributed by atoms with van der Waals surface area (Å²) in [6.45, 7) is 4.57. The summed E-state index contributed by atoms with van der Waals surface area (Å²) in [6, 6.07) is 6.68. The molecular formula is C17H26Cl2FN3O2. The van der Waals surface area contributed by atoms with Gasteiger partial charge >= 0.3 is 0 Å². The van der Waals surface area contributed by atoms with E-state index in [1.54, 1.807) is 0 Å². The molecule has 2 fully saturated rings. The summed E-state index contributed by atoms with van der Waals surface area (Å²) in [5, 5.41) is 6.30. The van der Waals surface area contributed by atoms with Crippen molar-refractivity contribution in [1.82, 2.24) is 15.5 Å². The average Bonchev–Trinajstić information content (AvgIpc) is 2.59. The highest BCUT2D eigenvalue weighted by atomic mass is 35.5. The van der Waals surface area contributed by atoms with Gasteiger partial charge in [-0.3, -0.25) is 9.69 Å². The van der Waals surface area contributed by atoms with Crippen LogP contribution in [0, 0.1) is 5.82 Å².